The number of rotatable bonds is 54. The van der Waals surface area contributed by atoms with Gasteiger partial charge in [0, 0.05) is 18.8 Å². The normalized spacial score (nSPS) is 11.6. The first kappa shape index (κ1) is 79.7. The molecule has 0 bridgehead atoms. The Balaban J connectivity index is -0.000000973. The molecule has 9 nitrogen and oxygen atoms in total. The second-order valence-corrected chi connectivity index (χ2v) is 25.9. The van der Waals surface area contributed by atoms with Crippen LogP contribution in [0.2, 0.25) is 0 Å². The minimum atomic E-state index is -4.13. The van der Waals surface area contributed by atoms with Gasteiger partial charge in [-0.1, -0.05) is 295 Å². The van der Waals surface area contributed by atoms with Gasteiger partial charge >= 0.3 is 0 Å². The van der Waals surface area contributed by atoms with Crippen LogP contribution >= 0.6 is 0 Å². The topological polar surface area (TPSA) is 149 Å². The quantitative estimate of drug-likeness (QED) is 0.0375. The molecule has 0 aliphatic carbocycles. The Hall–Kier alpha value is -1.56. The molecule has 1 rings (SSSR count). The van der Waals surface area contributed by atoms with E-state index < -0.39 is 21.8 Å². The fourth-order valence-corrected chi connectivity index (χ4v) is 10.8. The Labute approximate surface area is 482 Å². The molecule has 0 atom stereocenters. The third-order valence-corrected chi connectivity index (χ3v) is 16.0. The molecule has 0 unspecified atom stereocenters. The molecule has 0 aliphatic rings. The lowest BCUT2D eigenvalue weighted by Gasteiger charge is -2.29. The Bertz CT molecular complexity index is 1350. The standard InChI is InChI=1S/2C21H47N2.C18H36O2.C7H8O3S/c2*1-4-5-6-7-8-9-10-11-12-13-14-15-16-17-20-23(2,3)21-18-19-22;1-2-3-4-5-6-7-8-9-10-11-12-13-14-15-16-17-18(19)20;8-11(9,10)6-7-4-2-1-3-5-7/h2*4-22H2,1-3H3;2-17H2,1H3,(H,19,20);1-5H,6H2,(H,8,9,10)/q2*+1;;/p-2. The molecule has 460 valence electrons. The molecule has 77 heavy (non-hydrogen) atoms. The van der Waals surface area contributed by atoms with E-state index in [0.717, 1.165) is 47.7 Å². The molecule has 0 amide bonds. The summed E-state index contributed by atoms with van der Waals surface area (Å²) in [5.41, 5.74) is 11.7. The Morgan fingerprint density at radius 2 is 0.597 bits per heavy atom. The number of benzene rings is 1. The summed E-state index contributed by atoms with van der Waals surface area (Å²) in [5, 5.41) is 10.2. The lowest BCUT2D eigenvalue weighted by atomic mass is 10.0. The highest BCUT2D eigenvalue weighted by Crippen LogP contribution is 2.17. The minimum Gasteiger partial charge on any atom is -0.748 e. The first-order valence-corrected chi connectivity index (χ1v) is 34.9. The summed E-state index contributed by atoms with van der Waals surface area (Å²) in [6.07, 6.45) is 62.6. The SMILES string of the molecule is CCCCCCCCCCCCCCCCCC(=O)[O-].CCCCCCCCCCCCCCCC[N+](C)(C)CCCN.CCCCCCCCCCCCCCCC[N+](C)(C)CCCN.O=S(=O)([O-])Cc1ccccc1. The van der Waals surface area contributed by atoms with E-state index in [1.165, 1.54) is 289 Å². The fourth-order valence-electron chi connectivity index (χ4n) is 10.2. The maximum Gasteiger partial charge on any atom is 0.0988 e. The van der Waals surface area contributed by atoms with Crippen molar-refractivity contribution in [3.8, 4) is 0 Å². The van der Waals surface area contributed by atoms with E-state index >= 15 is 0 Å². The average Bonchev–Trinajstić information content (AvgIpc) is 3.39. The van der Waals surface area contributed by atoms with Crippen molar-refractivity contribution >= 4 is 16.1 Å². The highest BCUT2D eigenvalue weighted by Gasteiger charge is 2.14. The van der Waals surface area contributed by atoms with Crippen LogP contribution in [0.3, 0.4) is 0 Å². The van der Waals surface area contributed by atoms with Gasteiger partial charge in [0.25, 0.3) is 0 Å². The second-order valence-electron chi connectivity index (χ2n) is 24.5. The molecular formula is C67H136N4O5S. The maximum absolute atomic E-state index is 10.2. The van der Waals surface area contributed by atoms with Crippen LogP contribution in [0.25, 0.3) is 0 Å². The summed E-state index contributed by atoms with van der Waals surface area (Å²) in [6.45, 7) is 13.6. The zero-order valence-electron chi connectivity index (χ0n) is 52.9. The van der Waals surface area contributed by atoms with Crippen molar-refractivity contribution in [3.63, 3.8) is 0 Å². The Kier molecular flexibility index (Phi) is 64.2. The average molecular weight is 1110 g/mol. The van der Waals surface area contributed by atoms with Crippen molar-refractivity contribution in [2.45, 2.75) is 322 Å². The third kappa shape index (κ3) is 74.4. The number of carboxylic acid groups (broad SMARTS) is 1. The molecular weight excluding hydrogens is 973 g/mol. The molecule has 4 N–H and O–H groups in total. The molecule has 1 aromatic carbocycles. The molecule has 0 saturated heterocycles. The second kappa shape index (κ2) is 62.0. The van der Waals surface area contributed by atoms with Crippen molar-refractivity contribution < 1.29 is 31.8 Å². The van der Waals surface area contributed by atoms with Gasteiger partial charge in [0.05, 0.1) is 70.2 Å². The van der Waals surface area contributed by atoms with Crippen LogP contribution < -0.4 is 16.6 Å². The Morgan fingerprint density at radius 3 is 0.818 bits per heavy atom. The number of aliphatic carboxylic acids is 1. The van der Waals surface area contributed by atoms with Crippen LogP contribution in [0.5, 0.6) is 0 Å². The first-order valence-electron chi connectivity index (χ1n) is 33.3. The van der Waals surface area contributed by atoms with Gasteiger partial charge in [-0.2, -0.15) is 0 Å². The van der Waals surface area contributed by atoms with Crippen molar-refractivity contribution in [1.29, 1.82) is 0 Å². The lowest BCUT2D eigenvalue weighted by Crippen LogP contribution is -2.41. The largest absolute Gasteiger partial charge is 0.748 e. The Morgan fingerprint density at radius 1 is 0.377 bits per heavy atom. The van der Waals surface area contributed by atoms with E-state index in [2.05, 4.69) is 49.0 Å². The number of hydrogen-bond donors (Lipinski definition) is 2. The van der Waals surface area contributed by atoms with Crippen LogP contribution in [-0.2, 0) is 20.7 Å². The van der Waals surface area contributed by atoms with Gasteiger partial charge in [-0.05, 0) is 57.2 Å². The van der Waals surface area contributed by atoms with Gasteiger partial charge in [-0.15, -0.1) is 0 Å². The van der Waals surface area contributed by atoms with Crippen LogP contribution in [-0.4, -0.2) is 95.4 Å². The van der Waals surface area contributed by atoms with Gasteiger partial charge in [-0.3, -0.25) is 0 Å². The van der Waals surface area contributed by atoms with Crippen molar-refractivity contribution in [3.05, 3.63) is 35.9 Å². The maximum atomic E-state index is 10.2. The van der Waals surface area contributed by atoms with Crippen LogP contribution in [0.1, 0.15) is 322 Å². The molecule has 10 heteroatoms. The van der Waals surface area contributed by atoms with Crippen LogP contribution in [0.15, 0.2) is 30.3 Å². The zero-order valence-corrected chi connectivity index (χ0v) is 53.7. The predicted molar refractivity (Wildman–Crippen MR) is 336 cm³/mol. The number of nitrogens with two attached hydrogens (primary N) is 2. The van der Waals surface area contributed by atoms with E-state index in [9.17, 15) is 22.9 Å². The molecule has 0 aromatic heterocycles. The van der Waals surface area contributed by atoms with E-state index in [4.69, 9.17) is 11.5 Å². The number of carbonyl (C=O) groups is 1. The summed E-state index contributed by atoms with van der Waals surface area (Å²) in [5.74, 6) is -1.33. The van der Waals surface area contributed by atoms with E-state index in [-0.39, 0.29) is 6.42 Å². The lowest BCUT2D eigenvalue weighted by molar-refractivity contribution is -0.890. The zero-order chi connectivity index (χ0) is 57.7. The van der Waals surface area contributed by atoms with Gasteiger partial charge in [-0.25, -0.2) is 8.42 Å². The monoisotopic (exact) mass is 1110 g/mol. The molecule has 0 radical (unpaired) electrons. The molecule has 0 heterocycles. The molecule has 0 aliphatic heterocycles. The number of quaternary nitrogens is 2. The number of carbonyl (C=O) groups excluding carboxylic acids is 1. The highest BCUT2D eigenvalue weighted by molar-refractivity contribution is 7.84. The summed E-state index contributed by atoms with van der Waals surface area (Å²) in [7, 11) is 5.25. The van der Waals surface area contributed by atoms with Gasteiger partial charge in [0.2, 0.25) is 0 Å². The number of hydrogen-bond acceptors (Lipinski definition) is 7. The number of nitrogens with zero attached hydrogens (tertiary/aromatic N) is 2. The van der Waals surface area contributed by atoms with E-state index in [1.54, 1.807) is 30.3 Å². The number of unbranched alkanes of at least 4 members (excludes halogenated alkanes) is 40. The van der Waals surface area contributed by atoms with Crippen LogP contribution in [0.4, 0.5) is 0 Å². The minimum absolute atomic E-state index is 0.234. The first-order chi connectivity index (χ1) is 37.1. The summed E-state index contributed by atoms with van der Waals surface area (Å²) < 4.78 is 33.0. The van der Waals surface area contributed by atoms with Gasteiger partial charge in [0.15, 0.2) is 0 Å². The van der Waals surface area contributed by atoms with E-state index in [0.29, 0.717) is 5.56 Å². The third-order valence-electron chi connectivity index (χ3n) is 15.3. The van der Waals surface area contributed by atoms with E-state index in [1.807, 2.05) is 0 Å². The van der Waals surface area contributed by atoms with Crippen molar-refractivity contribution in [2.24, 2.45) is 11.5 Å². The smallest absolute Gasteiger partial charge is 0.0988 e. The van der Waals surface area contributed by atoms with Crippen molar-refractivity contribution in [2.75, 3.05) is 67.5 Å². The molecule has 0 spiro atoms. The molecule has 1 aromatic rings. The summed E-state index contributed by atoms with van der Waals surface area (Å²) in [4.78, 5) is 10.2. The molecule has 0 fully saturated rings. The molecule has 0 saturated carbocycles. The van der Waals surface area contributed by atoms with Crippen molar-refractivity contribution in [1.82, 2.24) is 0 Å². The van der Waals surface area contributed by atoms with Gasteiger partial charge < -0.3 is 34.9 Å². The predicted octanol–water partition coefficient (Wildman–Crippen LogP) is 17.5. The van der Waals surface area contributed by atoms with Crippen LogP contribution in [0, 0.1) is 0 Å². The van der Waals surface area contributed by atoms with Gasteiger partial charge in [0.1, 0.15) is 0 Å². The number of carboxylic acids is 1. The summed E-state index contributed by atoms with van der Waals surface area (Å²) in [6, 6.07) is 8.37. The highest BCUT2D eigenvalue weighted by atomic mass is 32.2. The summed E-state index contributed by atoms with van der Waals surface area (Å²) >= 11 is 0. The fraction of sp³-hybridized carbons (Fsp3) is 0.896.